The fourth-order valence-electron chi connectivity index (χ4n) is 2.00. The molecular formula is C16H20N2O2. The van der Waals surface area contributed by atoms with Gasteiger partial charge in [-0.15, -0.1) is 0 Å². The highest BCUT2D eigenvalue weighted by Gasteiger charge is 2.14. The highest BCUT2D eigenvalue weighted by atomic mass is 16.5. The molecule has 0 aliphatic rings. The van der Waals surface area contributed by atoms with Crippen molar-refractivity contribution in [3.8, 4) is 0 Å². The number of hydrogen-bond donors (Lipinski definition) is 1. The van der Waals surface area contributed by atoms with Gasteiger partial charge >= 0.3 is 0 Å². The number of nitrogens with one attached hydrogen (secondary N) is 1. The van der Waals surface area contributed by atoms with Crippen molar-refractivity contribution < 1.29 is 9.32 Å². The van der Waals surface area contributed by atoms with Crippen LogP contribution in [0.4, 0.5) is 0 Å². The highest BCUT2D eigenvalue weighted by molar-refractivity contribution is 5.92. The van der Waals surface area contributed by atoms with Crippen LogP contribution in [0.3, 0.4) is 0 Å². The summed E-state index contributed by atoms with van der Waals surface area (Å²) in [4.78, 5) is 12.0. The molecule has 0 aliphatic carbocycles. The van der Waals surface area contributed by atoms with Gasteiger partial charge in [0.15, 0.2) is 5.69 Å². The van der Waals surface area contributed by atoms with E-state index in [0.29, 0.717) is 17.4 Å². The summed E-state index contributed by atoms with van der Waals surface area (Å²) in [7, 11) is 0. The van der Waals surface area contributed by atoms with Crippen LogP contribution in [0.2, 0.25) is 0 Å². The first-order chi connectivity index (χ1) is 9.47. The summed E-state index contributed by atoms with van der Waals surface area (Å²) in [6.45, 7) is 8.04. The molecular weight excluding hydrogens is 252 g/mol. The van der Waals surface area contributed by atoms with E-state index in [1.807, 2.05) is 19.1 Å². The van der Waals surface area contributed by atoms with E-state index in [0.717, 1.165) is 5.56 Å². The molecule has 1 aromatic heterocycles. The molecule has 0 bridgehead atoms. The summed E-state index contributed by atoms with van der Waals surface area (Å²) >= 11 is 0. The number of aryl methyl sites for hydroxylation is 1. The van der Waals surface area contributed by atoms with E-state index in [2.05, 4.69) is 36.5 Å². The second-order valence-electron chi connectivity index (χ2n) is 5.34. The minimum Gasteiger partial charge on any atom is -0.361 e. The van der Waals surface area contributed by atoms with Gasteiger partial charge in [0.05, 0.1) is 6.04 Å². The molecule has 106 valence electrons. The molecule has 1 amide bonds. The van der Waals surface area contributed by atoms with Gasteiger partial charge in [-0.2, -0.15) is 0 Å². The minimum absolute atomic E-state index is 0.0688. The van der Waals surface area contributed by atoms with Crippen molar-refractivity contribution in [2.45, 2.75) is 39.7 Å². The number of amides is 1. The Balaban J connectivity index is 2.04. The second kappa shape index (κ2) is 5.90. The Morgan fingerprint density at radius 3 is 2.25 bits per heavy atom. The second-order valence-corrected chi connectivity index (χ2v) is 5.34. The van der Waals surface area contributed by atoms with Crippen LogP contribution < -0.4 is 5.32 Å². The lowest BCUT2D eigenvalue weighted by atomic mass is 9.99. The third kappa shape index (κ3) is 3.26. The SMILES string of the molecule is Cc1cc(C(=O)N[C@H](C)c2ccc(C(C)C)cc2)no1. The van der Waals surface area contributed by atoms with Gasteiger partial charge in [-0.05, 0) is 30.9 Å². The van der Waals surface area contributed by atoms with Gasteiger partial charge in [-0.25, -0.2) is 0 Å². The van der Waals surface area contributed by atoms with Crippen LogP contribution in [0, 0.1) is 6.92 Å². The zero-order chi connectivity index (χ0) is 14.7. The Kier molecular flexibility index (Phi) is 4.23. The summed E-state index contributed by atoms with van der Waals surface area (Å²) < 4.78 is 4.90. The fraction of sp³-hybridized carbons (Fsp3) is 0.375. The van der Waals surface area contributed by atoms with Crippen LogP contribution in [-0.2, 0) is 0 Å². The Morgan fingerprint density at radius 1 is 1.15 bits per heavy atom. The van der Waals surface area contributed by atoms with Gasteiger partial charge in [0, 0.05) is 6.07 Å². The van der Waals surface area contributed by atoms with E-state index in [9.17, 15) is 4.79 Å². The summed E-state index contributed by atoms with van der Waals surface area (Å²) in [5.74, 6) is 0.915. The van der Waals surface area contributed by atoms with Gasteiger partial charge in [-0.1, -0.05) is 43.3 Å². The van der Waals surface area contributed by atoms with Gasteiger partial charge in [-0.3, -0.25) is 4.79 Å². The van der Waals surface area contributed by atoms with Crippen molar-refractivity contribution in [3.63, 3.8) is 0 Å². The van der Waals surface area contributed by atoms with E-state index in [1.54, 1.807) is 13.0 Å². The zero-order valence-corrected chi connectivity index (χ0v) is 12.3. The van der Waals surface area contributed by atoms with E-state index < -0.39 is 0 Å². The Hall–Kier alpha value is -2.10. The number of aromatic nitrogens is 1. The van der Waals surface area contributed by atoms with Crippen molar-refractivity contribution in [2.75, 3.05) is 0 Å². The Labute approximate surface area is 119 Å². The smallest absolute Gasteiger partial charge is 0.273 e. The molecule has 0 saturated heterocycles. The highest BCUT2D eigenvalue weighted by Crippen LogP contribution is 2.18. The Bertz CT molecular complexity index is 585. The summed E-state index contributed by atoms with van der Waals surface area (Å²) in [5, 5.41) is 6.63. The predicted molar refractivity (Wildman–Crippen MR) is 77.7 cm³/mol. The van der Waals surface area contributed by atoms with E-state index >= 15 is 0 Å². The largest absolute Gasteiger partial charge is 0.361 e. The number of benzene rings is 1. The molecule has 0 spiro atoms. The van der Waals surface area contributed by atoms with E-state index in [1.165, 1.54) is 5.56 Å². The first kappa shape index (κ1) is 14.3. The predicted octanol–water partition coefficient (Wildman–Crippen LogP) is 3.60. The molecule has 0 unspecified atom stereocenters. The Morgan fingerprint density at radius 2 is 1.75 bits per heavy atom. The van der Waals surface area contributed by atoms with Gasteiger partial charge in [0.2, 0.25) is 0 Å². The van der Waals surface area contributed by atoms with Crippen LogP contribution in [-0.4, -0.2) is 11.1 Å². The molecule has 1 aromatic carbocycles. The molecule has 1 atom stereocenters. The summed E-state index contributed by atoms with van der Waals surface area (Å²) in [5.41, 5.74) is 2.68. The maximum atomic E-state index is 12.0. The third-order valence-corrected chi connectivity index (χ3v) is 3.31. The summed E-state index contributed by atoms with van der Waals surface area (Å²) in [6, 6.07) is 9.86. The molecule has 1 N–H and O–H groups in total. The zero-order valence-electron chi connectivity index (χ0n) is 12.3. The number of carbonyl (C=O) groups is 1. The number of nitrogens with zero attached hydrogens (tertiary/aromatic N) is 1. The van der Waals surface area contributed by atoms with Crippen LogP contribution in [0.5, 0.6) is 0 Å². The standard InChI is InChI=1S/C16H20N2O2/c1-10(2)13-5-7-14(8-6-13)12(4)17-16(19)15-9-11(3)20-18-15/h5-10,12H,1-4H3,(H,17,19)/t12-/m1/s1. The summed E-state index contributed by atoms with van der Waals surface area (Å²) in [6.07, 6.45) is 0. The monoisotopic (exact) mass is 272 g/mol. The van der Waals surface area contributed by atoms with Crippen LogP contribution >= 0.6 is 0 Å². The average Bonchev–Trinajstić information content (AvgIpc) is 2.85. The van der Waals surface area contributed by atoms with Crippen molar-refractivity contribution in [3.05, 3.63) is 52.9 Å². The molecule has 0 saturated carbocycles. The number of rotatable bonds is 4. The molecule has 0 aliphatic heterocycles. The topological polar surface area (TPSA) is 55.1 Å². The number of hydrogen-bond acceptors (Lipinski definition) is 3. The fourth-order valence-corrected chi connectivity index (χ4v) is 2.00. The van der Waals surface area contributed by atoms with Crippen LogP contribution in [0.25, 0.3) is 0 Å². The number of carbonyl (C=O) groups excluding carboxylic acids is 1. The average molecular weight is 272 g/mol. The lowest BCUT2D eigenvalue weighted by Crippen LogP contribution is -2.26. The first-order valence-electron chi connectivity index (χ1n) is 6.81. The molecule has 4 heteroatoms. The maximum absolute atomic E-state index is 12.0. The first-order valence-corrected chi connectivity index (χ1v) is 6.81. The van der Waals surface area contributed by atoms with Crippen molar-refractivity contribution in [1.82, 2.24) is 10.5 Å². The van der Waals surface area contributed by atoms with E-state index in [-0.39, 0.29) is 11.9 Å². The normalized spacial score (nSPS) is 12.4. The molecule has 20 heavy (non-hydrogen) atoms. The lowest BCUT2D eigenvalue weighted by molar-refractivity contribution is 0.0930. The molecule has 1 heterocycles. The quantitative estimate of drug-likeness (QED) is 0.925. The molecule has 2 aromatic rings. The van der Waals surface area contributed by atoms with Gasteiger partial charge in [0.1, 0.15) is 5.76 Å². The van der Waals surface area contributed by atoms with Crippen molar-refractivity contribution in [1.29, 1.82) is 0 Å². The molecule has 4 nitrogen and oxygen atoms in total. The molecule has 2 rings (SSSR count). The van der Waals surface area contributed by atoms with E-state index in [4.69, 9.17) is 4.52 Å². The molecule has 0 fully saturated rings. The van der Waals surface area contributed by atoms with Crippen LogP contribution in [0.1, 0.15) is 60.1 Å². The van der Waals surface area contributed by atoms with Gasteiger partial charge in [0.25, 0.3) is 5.91 Å². The maximum Gasteiger partial charge on any atom is 0.273 e. The minimum atomic E-state index is -0.220. The van der Waals surface area contributed by atoms with Crippen molar-refractivity contribution >= 4 is 5.91 Å². The van der Waals surface area contributed by atoms with Crippen LogP contribution in [0.15, 0.2) is 34.9 Å². The third-order valence-electron chi connectivity index (χ3n) is 3.31. The molecule has 0 radical (unpaired) electrons. The van der Waals surface area contributed by atoms with Crippen molar-refractivity contribution in [2.24, 2.45) is 0 Å². The van der Waals surface area contributed by atoms with Gasteiger partial charge < -0.3 is 9.84 Å². The lowest BCUT2D eigenvalue weighted by Gasteiger charge is -2.14.